The summed E-state index contributed by atoms with van der Waals surface area (Å²) in [6.45, 7) is 3.03. The number of Topliss-reactive ketones (excluding diaryl/α,β-unsaturated/α-hetero) is 1. The van der Waals surface area contributed by atoms with Crippen LogP contribution in [-0.2, 0) is 9.59 Å². The first-order chi connectivity index (χ1) is 13.2. The summed E-state index contributed by atoms with van der Waals surface area (Å²) in [6.07, 6.45) is 2.98. The van der Waals surface area contributed by atoms with E-state index in [4.69, 9.17) is 5.73 Å². The van der Waals surface area contributed by atoms with Gasteiger partial charge >= 0.3 is 5.97 Å². The number of hydrogen-bond acceptors (Lipinski definition) is 5. The molecule has 0 aliphatic carbocycles. The number of carboxylic acid groups (broad SMARTS) is 1. The van der Waals surface area contributed by atoms with Crippen LogP contribution in [0.25, 0.3) is 0 Å². The zero-order valence-electron chi connectivity index (χ0n) is 15.9. The molecule has 0 aliphatic heterocycles. The van der Waals surface area contributed by atoms with Gasteiger partial charge < -0.3 is 15.4 Å². The third-order valence-corrected chi connectivity index (χ3v) is 4.68. The van der Waals surface area contributed by atoms with Gasteiger partial charge in [-0.3, -0.25) is 14.4 Å². The summed E-state index contributed by atoms with van der Waals surface area (Å²) in [6, 6.07) is 10.2. The molecule has 1 unspecified atom stereocenters. The summed E-state index contributed by atoms with van der Waals surface area (Å²) in [7, 11) is 0. The fourth-order valence-corrected chi connectivity index (χ4v) is 2.92. The summed E-state index contributed by atoms with van der Waals surface area (Å²) in [4.78, 5) is 50.0. The molecule has 2 rings (SSSR count). The van der Waals surface area contributed by atoms with Crippen LogP contribution in [-0.4, -0.2) is 32.7 Å². The first-order valence-electron chi connectivity index (χ1n) is 9.09. The molecule has 0 bridgehead atoms. The standard InChI is InChI=1S/C21H24N2O5/c1-3-4-12-16(18(25)21(2,22)20(27)28)23-13-8-11-15(19(23)26)17(24)14-9-6-5-7-10-14/h5-11,13,16H,3-4,12,22H2,1-2H3,(H,27,28)/t16-,21?/m0/s1. The van der Waals surface area contributed by atoms with Crippen LogP contribution >= 0.6 is 0 Å². The highest BCUT2D eigenvalue weighted by molar-refractivity contribution is 6.09. The third-order valence-electron chi connectivity index (χ3n) is 4.68. The Kier molecular flexibility index (Phi) is 6.64. The highest BCUT2D eigenvalue weighted by Crippen LogP contribution is 2.21. The first kappa shape index (κ1) is 21.2. The Balaban J connectivity index is 2.53. The topological polar surface area (TPSA) is 119 Å². The molecular weight excluding hydrogens is 360 g/mol. The van der Waals surface area contributed by atoms with Gasteiger partial charge in [-0.15, -0.1) is 0 Å². The molecule has 28 heavy (non-hydrogen) atoms. The van der Waals surface area contributed by atoms with Gasteiger partial charge in [0.05, 0.1) is 11.6 Å². The highest BCUT2D eigenvalue weighted by atomic mass is 16.4. The molecular formula is C21H24N2O5. The summed E-state index contributed by atoms with van der Waals surface area (Å²) >= 11 is 0. The van der Waals surface area contributed by atoms with Gasteiger partial charge in [-0.1, -0.05) is 50.1 Å². The molecule has 1 heterocycles. The quantitative estimate of drug-likeness (QED) is 0.505. The minimum atomic E-state index is -2.14. The lowest BCUT2D eigenvalue weighted by Crippen LogP contribution is -2.55. The molecule has 7 nitrogen and oxygen atoms in total. The van der Waals surface area contributed by atoms with Gasteiger partial charge in [0, 0.05) is 11.8 Å². The van der Waals surface area contributed by atoms with Gasteiger partial charge in [-0.05, 0) is 25.5 Å². The van der Waals surface area contributed by atoms with Crippen molar-refractivity contribution in [3.8, 4) is 0 Å². The van der Waals surface area contributed by atoms with Crippen molar-refractivity contribution in [3.05, 3.63) is 70.1 Å². The smallest absolute Gasteiger partial charge is 0.331 e. The van der Waals surface area contributed by atoms with Crippen LogP contribution < -0.4 is 11.3 Å². The molecule has 1 aromatic carbocycles. The minimum absolute atomic E-state index is 0.0861. The predicted molar refractivity (Wildman–Crippen MR) is 104 cm³/mol. The van der Waals surface area contributed by atoms with Crippen LogP contribution in [0, 0.1) is 0 Å². The summed E-state index contributed by atoms with van der Waals surface area (Å²) in [5.74, 6) is -2.71. The van der Waals surface area contributed by atoms with Crippen molar-refractivity contribution in [1.82, 2.24) is 4.57 Å². The molecule has 3 N–H and O–H groups in total. The maximum atomic E-state index is 13.0. The highest BCUT2D eigenvalue weighted by Gasteiger charge is 2.41. The van der Waals surface area contributed by atoms with E-state index in [9.17, 15) is 24.3 Å². The van der Waals surface area contributed by atoms with Crippen molar-refractivity contribution in [3.63, 3.8) is 0 Å². The van der Waals surface area contributed by atoms with Crippen LogP contribution in [0.4, 0.5) is 0 Å². The van der Waals surface area contributed by atoms with Crippen molar-refractivity contribution in [2.75, 3.05) is 0 Å². The molecule has 0 amide bonds. The Morgan fingerprint density at radius 1 is 1.14 bits per heavy atom. The second-order valence-corrected chi connectivity index (χ2v) is 6.86. The van der Waals surface area contributed by atoms with E-state index in [0.29, 0.717) is 12.0 Å². The molecule has 0 saturated carbocycles. The number of hydrogen-bond donors (Lipinski definition) is 2. The lowest BCUT2D eigenvalue weighted by atomic mass is 9.89. The van der Waals surface area contributed by atoms with Crippen molar-refractivity contribution in [2.24, 2.45) is 5.73 Å². The van der Waals surface area contributed by atoms with Crippen LogP contribution in [0.2, 0.25) is 0 Å². The van der Waals surface area contributed by atoms with Crippen LogP contribution in [0.5, 0.6) is 0 Å². The second-order valence-electron chi connectivity index (χ2n) is 6.86. The lowest BCUT2D eigenvalue weighted by molar-refractivity contribution is -0.148. The Morgan fingerprint density at radius 3 is 2.36 bits per heavy atom. The van der Waals surface area contributed by atoms with E-state index in [2.05, 4.69) is 0 Å². The number of aliphatic carboxylic acids is 1. The summed E-state index contributed by atoms with van der Waals surface area (Å²) in [5, 5.41) is 9.31. The fourth-order valence-electron chi connectivity index (χ4n) is 2.92. The van der Waals surface area contributed by atoms with E-state index < -0.39 is 34.7 Å². The number of ketones is 2. The van der Waals surface area contributed by atoms with Gasteiger partial charge in [-0.2, -0.15) is 0 Å². The number of aromatic nitrogens is 1. The van der Waals surface area contributed by atoms with Crippen LogP contribution in [0.1, 0.15) is 55.1 Å². The second kappa shape index (κ2) is 8.75. The molecule has 0 fully saturated rings. The van der Waals surface area contributed by atoms with Gasteiger partial charge in [-0.25, -0.2) is 4.79 Å². The molecule has 148 valence electrons. The van der Waals surface area contributed by atoms with Crippen molar-refractivity contribution in [2.45, 2.75) is 44.7 Å². The number of nitrogens with two attached hydrogens (primary N) is 1. The number of benzene rings is 1. The van der Waals surface area contributed by atoms with Gasteiger partial charge in [0.25, 0.3) is 5.56 Å². The molecule has 7 heteroatoms. The molecule has 2 atom stereocenters. The Hall–Kier alpha value is -3.06. The van der Waals surface area contributed by atoms with E-state index >= 15 is 0 Å². The Morgan fingerprint density at radius 2 is 1.79 bits per heavy atom. The normalized spacial score (nSPS) is 14.1. The van der Waals surface area contributed by atoms with Crippen molar-refractivity contribution < 1.29 is 19.5 Å². The van der Waals surface area contributed by atoms with Gasteiger partial charge in [0.1, 0.15) is 0 Å². The maximum Gasteiger partial charge on any atom is 0.331 e. The zero-order chi connectivity index (χ0) is 20.9. The molecule has 0 aliphatic rings. The van der Waals surface area contributed by atoms with E-state index in [0.717, 1.165) is 17.9 Å². The largest absolute Gasteiger partial charge is 0.480 e. The third kappa shape index (κ3) is 4.26. The molecule has 0 spiro atoms. The van der Waals surface area contributed by atoms with E-state index in [1.54, 1.807) is 30.3 Å². The van der Waals surface area contributed by atoms with Gasteiger partial charge in [0.15, 0.2) is 17.1 Å². The summed E-state index contributed by atoms with van der Waals surface area (Å²) < 4.78 is 1.13. The number of rotatable bonds is 9. The SMILES string of the molecule is CCCC[C@@H](C(=O)C(C)(N)C(=O)O)n1cccc(C(=O)c2ccccc2)c1=O. The van der Waals surface area contributed by atoms with Crippen LogP contribution in [0.15, 0.2) is 53.5 Å². The average Bonchev–Trinajstić information content (AvgIpc) is 2.69. The van der Waals surface area contributed by atoms with Crippen molar-refractivity contribution >= 4 is 17.5 Å². The summed E-state index contributed by atoms with van der Waals surface area (Å²) in [5.41, 5.74) is 3.20. The number of carbonyl (C=O) groups excluding carboxylic acids is 2. The number of carbonyl (C=O) groups is 3. The molecule has 1 aromatic heterocycles. The monoisotopic (exact) mass is 384 g/mol. The van der Waals surface area contributed by atoms with Crippen molar-refractivity contribution in [1.29, 1.82) is 0 Å². The average molecular weight is 384 g/mol. The molecule has 0 radical (unpaired) electrons. The Bertz CT molecular complexity index is 931. The maximum absolute atomic E-state index is 13.0. The number of unbranched alkanes of at least 4 members (excludes halogenated alkanes) is 1. The minimum Gasteiger partial charge on any atom is -0.480 e. The first-order valence-corrected chi connectivity index (χ1v) is 9.09. The predicted octanol–water partition coefficient (Wildman–Crippen LogP) is 2.18. The Labute approximate surface area is 162 Å². The molecule has 2 aromatic rings. The number of carboxylic acids is 1. The van der Waals surface area contributed by atoms with Crippen LogP contribution in [0.3, 0.4) is 0 Å². The molecule has 0 saturated heterocycles. The van der Waals surface area contributed by atoms with E-state index in [-0.39, 0.29) is 12.0 Å². The lowest BCUT2D eigenvalue weighted by Gasteiger charge is -2.26. The van der Waals surface area contributed by atoms with E-state index in [1.165, 1.54) is 18.3 Å². The fraction of sp³-hybridized carbons (Fsp3) is 0.333. The number of nitrogens with zero attached hydrogens (tertiary/aromatic N) is 1. The van der Waals surface area contributed by atoms with E-state index in [1.807, 2.05) is 6.92 Å². The number of pyridine rings is 1. The zero-order valence-corrected chi connectivity index (χ0v) is 15.9. The van der Waals surface area contributed by atoms with Gasteiger partial charge in [0.2, 0.25) is 0 Å².